The van der Waals surface area contributed by atoms with E-state index in [0.717, 1.165) is 10.0 Å². The predicted octanol–water partition coefficient (Wildman–Crippen LogP) is 2.22. The molecule has 0 fully saturated rings. The van der Waals surface area contributed by atoms with Crippen LogP contribution in [0.5, 0.6) is 0 Å². The molecule has 0 aliphatic rings. The van der Waals surface area contributed by atoms with E-state index in [1.807, 2.05) is 38.1 Å². The van der Waals surface area contributed by atoms with E-state index in [2.05, 4.69) is 21.2 Å². The maximum absolute atomic E-state index is 11.6. The number of halogens is 1. The average Bonchev–Trinajstić information content (AvgIpc) is 2.28. The van der Waals surface area contributed by atoms with Gasteiger partial charge in [-0.05, 0) is 24.6 Å². The van der Waals surface area contributed by atoms with Crippen LogP contribution in [0.2, 0.25) is 0 Å². The van der Waals surface area contributed by atoms with Crippen molar-refractivity contribution in [3.63, 3.8) is 0 Å². The molecule has 2 unspecified atom stereocenters. The van der Waals surface area contributed by atoms with Crippen molar-refractivity contribution in [2.75, 3.05) is 6.54 Å². The smallest absolute Gasteiger partial charge is 0.224 e. The van der Waals surface area contributed by atoms with E-state index in [4.69, 9.17) is 5.73 Å². The van der Waals surface area contributed by atoms with Gasteiger partial charge in [0.1, 0.15) is 0 Å². The molecule has 2 atom stereocenters. The molecule has 0 aromatic heterocycles. The first kappa shape index (κ1) is 13.2. The monoisotopic (exact) mass is 284 g/mol. The van der Waals surface area contributed by atoms with Crippen molar-refractivity contribution >= 4 is 21.8 Å². The Balaban J connectivity index is 2.62. The molecule has 0 aliphatic carbocycles. The number of nitrogens with two attached hydrogens (primary N) is 1. The van der Waals surface area contributed by atoms with Gasteiger partial charge in [-0.1, -0.05) is 35.0 Å². The van der Waals surface area contributed by atoms with Crippen molar-refractivity contribution in [1.29, 1.82) is 0 Å². The van der Waals surface area contributed by atoms with Crippen LogP contribution in [0.25, 0.3) is 0 Å². The summed E-state index contributed by atoms with van der Waals surface area (Å²) in [5.41, 5.74) is 6.52. The zero-order chi connectivity index (χ0) is 12.1. The van der Waals surface area contributed by atoms with Crippen LogP contribution in [0.15, 0.2) is 28.7 Å². The van der Waals surface area contributed by atoms with Gasteiger partial charge in [0, 0.05) is 16.9 Å². The molecule has 3 nitrogen and oxygen atoms in total. The van der Waals surface area contributed by atoms with Crippen LogP contribution in [-0.4, -0.2) is 12.5 Å². The molecule has 1 rings (SSSR count). The fourth-order valence-electron chi connectivity index (χ4n) is 1.30. The van der Waals surface area contributed by atoms with Gasteiger partial charge in [0.05, 0.1) is 6.04 Å². The van der Waals surface area contributed by atoms with Crippen LogP contribution >= 0.6 is 15.9 Å². The molecule has 1 aromatic rings. The molecule has 0 bridgehead atoms. The molecule has 88 valence electrons. The number of amides is 1. The Morgan fingerprint density at radius 1 is 1.38 bits per heavy atom. The van der Waals surface area contributed by atoms with Gasteiger partial charge in [0.15, 0.2) is 0 Å². The lowest BCUT2D eigenvalue weighted by molar-refractivity contribution is -0.124. The Bertz CT molecular complexity index is 351. The van der Waals surface area contributed by atoms with Gasteiger partial charge in [-0.15, -0.1) is 0 Å². The van der Waals surface area contributed by atoms with Gasteiger partial charge in [0.25, 0.3) is 0 Å². The van der Waals surface area contributed by atoms with Gasteiger partial charge in [-0.2, -0.15) is 0 Å². The fourth-order valence-corrected chi connectivity index (χ4v) is 1.56. The molecule has 0 heterocycles. The molecule has 1 amide bonds. The summed E-state index contributed by atoms with van der Waals surface area (Å²) in [7, 11) is 0. The molecule has 4 heteroatoms. The molecule has 16 heavy (non-hydrogen) atoms. The first-order chi connectivity index (χ1) is 7.54. The van der Waals surface area contributed by atoms with Crippen LogP contribution in [0.4, 0.5) is 0 Å². The van der Waals surface area contributed by atoms with Crippen molar-refractivity contribution in [3.05, 3.63) is 34.3 Å². The van der Waals surface area contributed by atoms with Crippen LogP contribution in [0.1, 0.15) is 25.5 Å². The summed E-state index contributed by atoms with van der Waals surface area (Å²) in [6.07, 6.45) is 0. The lowest BCUT2D eigenvalue weighted by atomic mass is 10.1. The second-order valence-corrected chi connectivity index (χ2v) is 4.83. The molecule has 0 aliphatic heterocycles. The minimum absolute atomic E-state index is 0.00193. The summed E-state index contributed by atoms with van der Waals surface area (Å²) in [4.78, 5) is 11.6. The standard InChI is InChI=1S/C12H17BrN2O/c1-8(7-14)12(16)15-9(2)10-3-5-11(13)6-4-10/h3-6,8-9H,7,14H2,1-2H3,(H,15,16). The van der Waals surface area contributed by atoms with Crippen molar-refractivity contribution in [2.24, 2.45) is 11.7 Å². The maximum atomic E-state index is 11.6. The van der Waals surface area contributed by atoms with Crippen molar-refractivity contribution in [3.8, 4) is 0 Å². The van der Waals surface area contributed by atoms with Gasteiger partial charge in [0.2, 0.25) is 5.91 Å². The minimum atomic E-state index is -0.141. The molecule has 0 radical (unpaired) electrons. The average molecular weight is 285 g/mol. The van der Waals surface area contributed by atoms with Gasteiger partial charge < -0.3 is 11.1 Å². The fraction of sp³-hybridized carbons (Fsp3) is 0.417. The minimum Gasteiger partial charge on any atom is -0.349 e. The largest absolute Gasteiger partial charge is 0.349 e. The van der Waals surface area contributed by atoms with E-state index in [0.29, 0.717) is 6.54 Å². The zero-order valence-electron chi connectivity index (χ0n) is 9.53. The summed E-state index contributed by atoms with van der Waals surface area (Å²) in [5, 5.41) is 2.93. The molecular weight excluding hydrogens is 268 g/mol. The molecular formula is C12H17BrN2O. The number of nitrogens with one attached hydrogen (secondary N) is 1. The Morgan fingerprint density at radius 3 is 2.44 bits per heavy atom. The van der Waals surface area contributed by atoms with E-state index < -0.39 is 0 Å². The Hall–Kier alpha value is -0.870. The van der Waals surface area contributed by atoms with Crippen LogP contribution < -0.4 is 11.1 Å². The Labute approximate surface area is 105 Å². The van der Waals surface area contributed by atoms with Gasteiger partial charge in [-0.3, -0.25) is 4.79 Å². The SMILES string of the molecule is CC(CN)C(=O)NC(C)c1ccc(Br)cc1. The number of hydrogen-bond acceptors (Lipinski definition) is 2. The molecule has 0 saturated heterocycles. The summed E-state index contributed by atoms with van der Waals surface area (Å²) >= 11 is 3.38. The number of carbonyl (C=O) groups excluding carboxylic acids is 1. The molecule has 3 N–H and O–H groups in total. The summed E-state index contributed by atoms with van der Waals surface area (Å²) in [6.45, 7) is 4.16. The second kappa shape index (κ2) is 6.01. The van der Waals surface area contributed by atoms with E-state index in [9.17, 15) is 4.79 Å². The predicted molar refractivity (Wildman–Crippen MR) is 68.9 cm³/mol. The van der Waals surface area contributed by atoms with E-state index in [1.54, 1.807) is 0 Å². The maximum Gasteiger partial charge on any atom is 0.224 e. The summed E-state index contributed by atoms with van der Waals surface area (Å²) in [6, 6.07) is 7.91. The number of rotatable bonds is 4. The van der Waals surface area contributed by atoms with Crippen LogP contribution in [0, 0.1) is 5.92 Å². The normalized spacial score (nSPS) is 14.2. The topological polar surface area (TPSA) is 55.1 Å². The first-order valence-electron chi connectivity index (χ1n) is 5.30. The van der Waals surface area contributed by atoms with E-state index >= 15 is 0 Å². The molecule has 1 aromatic carbocycles. The second-order valence-electron chi connectivity index (χ2n) is 3.92. The van der Waals surface area contributed by atoms with Gasteiger partial charge in [-0.25, -0.2) is 0 Å². The van der Waals surface area contributed by atoms with Crippen molar-refractivity contribution in [1.82, 2.24) is 5.32 Å². The summed E-state index contributed by atoms with van der Waals surface area (Å²) in [5.74, 6) is -0.143. The number of hydrogen-bond donors (Lipinski definition) is 2. The number of carbonyl (C=O) groups is 1. The quantitative estimate of drug-likeness (QED) is 0.891. The number of benzene rings is 1. The highest BCUT2D eigenvalue weighted by Gasteiger charge is 2.14. The third-order valence-electron chi connectivity index (χ3n) is 2.53. The van der Waals surface area contributed by atoms with E-state index in [-0.39, 0.29) is 17.9 Å². The third-order valence-corrected chi connectivity index (χ3v) is 3.06. The first-order valence-corrected chi connectivity index (χ1v) is 6.09. The van der Waals surface area contributed by atoms with Crippen molar-refractivity contribution < 1.29 is 4.79 Å². The van der Waals surface area contributed by atoms with Crippen LogP contribution in [0.3, 0.4) is 0 Å². The lowest BCUT2D eigenvalue weighted by Gasteiger charge is -2.17. The Morgan fingerprint density at radius 2 is 1.94 bits per heavy atom. The Kier molecular flexibility index (Phi) is 4.96. The summed E-state index contributed by atoms with van der Waals surface area (Å²) < 4.78 is 1.03. The van der Waals surface area contributed by atoms with Crippen LogP contribution in [-0.2, 0) is 4.79 Å². The van der Waals surface area contributed by atoms with E-state index in [1.165, 1.54) is 0 Å². The lowest BCUT2D eigenvalue weighted by Crippen LogP contribution is -2.34. The van der Waals surface area contributed by atoms with Crippen molar-refractivity contribution in [2.45, 2.75) is 19.9 Å². The highest BCUT2D eigenvalue weighted by atomic mass is 79.9. The third kappa shape index (κ3) is 3.61. The highest BCUT2D eigenvalue weighted by Crippen LogP contribution is 2.16. The zero-order valence-corrected chi connectivity index (χ0v) is 11.1. The molecule has 0 saturated carbocycles. The molecule has 0 spiro atoms. The van der Waals surface area contributed by atoms with Gasteiger partial charge >= 0.3 is 0 Å². The highest BCUT2D eigenvalue weighted by molar-refractivity contribution is 9.10.